The summed E-state index contributed by atoms with van der Waals surface area (Å²) in [6, 6.07) is 1.61. The number of phenolic OH excluding ortho intramolecular Hbond substituents is 1. The number of rotatable bonds is 1. The molecule has 0 fully saturated rings. The molecule has 1 aromatic carbocycles. The van der Waals surface area contributed by atoms with Gasteiger partial charge in [0, 0.05) is 23.0 Å². The van der Waals surface area contributed by atoms with Gasteiger partial charge in [-0.05, 0) is 0 Å². The van der Waals surface area contributed by atoms with E-state index in [-0.39, 0.29) is 16.6 Å². The van der Waals surface area contributed by atoms with Gasteiger partial charge in [-0.15, -0.1) is 0 Å². The van der Waals surface area contributed by atoms with Gasteiger partial charge in [0.2, 0.25) is 0 Å². The zero-order chi connectivity index (χ0) is 8.43. The second-order valence-corrected chi connectivity index (χ2v) is 2.58. The maximum absolute atomic E-state index is 12.7. The van der Waals surface area contributed by atoms with Crippen LogP contribution >= 0.6 is 15.9 Å². The number of hydrogen-bond donors (Lipinski definition) is 1. The minimum Gasteiger partial charge on any atom is -0.507 e. The molecule has 1 aromatic rings. The van der Waals surface area contributed by atoms with E-state index in [2.05, 4.69) is 15.9 Å². The van der Waals surface area contributed by atoms with Crippen LogP contribution in [0.4, 0.5) is 8.78 Å². The predicted octanol–water partition coefficient (Wildman–Crippen LogP) is 2.57. The van der Waals surface area contributed by atoms with Gasteiger partial charge in [-0.2, -0.15) is 0 Å². The van der Waals surface area contributed by atoms with Crippen molar-refractivity contribution in [1.82, 2.24) is 0 Å². The van der Waals surface area contributed by atoms with Crippen LogP contribution in [0.1, 0.15) is 5.56 Å². The topological polar surface area (TPSA) is 20.2 Å². The fourth-order valence-electron chi connectivity index (χ4n) is 0.722. The number of hydrogen-bond acceptors (Lipinski definition) is 1. The summed E-state index contributed by atoms with van der Waals surface area (Å²) in [4.78, 5) is 0. The van der Waals surface area contributed by atoms with Gasteiger partial charge in [0.05, 0.1) is 0 Å². The van der Waals surface area contributed by atoms with Crippen LogP contribution in [0, 0.1) is 11.6 Å². The zero-order valence-corrected chi connectivity index (χ0v) is 7.03. The Hall–Kier alpha value is -0.640. The summed E-state index contributed by atoms with van der Waals surface area (Å²) in [7, 11) is 0. The van der Waals surface area contributed by atoms with Crippen LogP contribution in [0.25, 0.3) is 0 Å². The molecule has 0 bridgehead atoms. The summed E-state index contributed by atoms with van der Waals surface area (Å²) in [6.07, 6.45) is 0. The number of alkyl halides is 1. The molecule has 0 aliphatic rings. The molecule has 0 unspecified atom stereocenters. The van der Waals surface area contributed by atoms with E-state index in [0.29, 0.717) is 0 Å². The Morgan fingerprint density at radius 2 is 2.00 bits per heavy atom. The molecular formula is C7H5BrF2O. The Kier molecular flexibility index (Phi) is 2.44. The Labute approximate surface area is 70.8 Å². The van der Waals surface area contributed by atoms with E-state index in [4.69, 9.17) is 5.11 Å². The molecule has 0 atom stereocenters. The van der Waals surface area contributed by atoms with E-state index < -0.39 is 11.6 Å². The van der Waals surface area contributed by atoms with Crippen molar-refractivity contribution in [2.45, 2.75) is 5.33 Å². The molecule has 0 radical (unpaired) electrons. The van der Waals surface area contributed by atoms with E-state index in [0.717, 1.165) is 12.1 Å². The summed E-state index contributed by atoms with van der Waals surface area (Å²) >= 11 is 2.96. The Bertz CT molecular complexity index is 252. The number of benzene rings is 1. The molecule has 1 N–H and O–H groups in total. The highest BCUT2D eigenvalue weighted by Gasteiger charge is 2.08. The van der Waals surface area contributed by atoms with Crippen molar-refractivity contribution in [2.75, 3.05) is 0 Å². The van der Waals surface area contributed by atoms with Crippen molar-refractivity contribution in [3.05, 3.63) is 29.3 Å². The first-order chi connectivity index (χ1) is 5.15. The largest absolute Gasteiger partial charge is 0.507 e. The van der Waals surface area contributed by atoms with Gasteiger partial charge in [-0.25, -0.2) is 8.78 Å². The number of aromatic hydroxyl groups is 1. The highest BCUT2D eigenvalue weighted by Crippen LogP contribution is 2.23. The van der Waals surface area contributed by atoms with E-state index in [1.54, 1.807) is 0 Å². The average molecular weight is 223 g/mol. The van der Waals surface area contributed by atoms with Gasteiger partial charge >= 0.3 is 0 Å². The first kappa shape index (κ1) is 8.46. The lowest BCUT2D eigenvalue weighted by Crippen LogP contribution is -1.88. The lowest BCUT2D eigenvalue weighted by Gasteiger charge is -2.01. The van der Waals surface area contributed by atoms with E-state index >= 15 is 0 Å². The van der Waals surface area contributed by atoms with Crippen molar-refractivity contribution in [2.24, 2.45) is 0 Å². The Morgan fingerprint density at radius 1 is 1.36 bits per heavy atom. The summed E-state index contributed by atoms with van der Waals surface area (Å²) in [6.45, 7) is 0. The average Bonchev–Trinajstić information content (AvgIpc) is 1.85. The maximum atomic E-state index is 12.7. The lowest BCUT2D eigenvalue weighted by molar-refractivity contribution is 0.453. The Morgan fingerprint density at radius 3 is 2.45 bits per heavy atom. The van der Waals surface area contributed by atoms with Crippen LogP contribution in [0.5, 0.6) is 5.75 Å². The highest BCUT2D eigenvalue weighted by atomic mass is 79.9. The molecule has 4 heteroatoms. The van der Waals surface area contributed by atoms with E-state index in [1.165, 1.54) is 0 Å². The molecular weight excluding hydrogens is 218 g/mol. The minimum absolute atomic E-state index is 0.0754. The van der Waals surface area contributed by atoms with Crippen LogP contribution in [-0.4, -0.2) is 5.11 Å². The van der Waals surface area contributed by atoms with Crippen LogP contribution in [0.15, 0.2) is 12.1 Å². The fourth-order valence-corrected chi connectivity index (χ4v) is 1.28. The molecule has 0 saturated carbocycles. The SMILES string of the molecule is Oc1cc(F)cc(F)c1CBr. The molecule has 0 aliphatic carbocycles. The second kappa shape index (κ2) is 3.17. The fraction of sp³-hybridized carbons (Fsp3) is 0.143. The first-order valence-corrected chi connectivity index (χ1v) is 4.00. The number of halogens is 3. The molecule has 0 aliphatic heterocycles. The van der Waals surface area contributed by atoms with Crippen molar-refractivity contribution in [1.29, 1.82) is 0 Å². The van der Waals surface area contributed by atoms with Gasteiger partial charge in [-0.3, -0.25) is 0 Å². The molecule has 1 rings (SSSR count). The molecule has 0 heterocycles. The second-order valence-electron chi connectivity index (χ2n) is 2.02. The predicted molar refractivity (Wildman–Crippen MR) is 40.7 cm³/mol. The third kappa shape index (κ3) is 1.68. The van der Waals surface area contributed by atoms with Crippen LogP contribution in [0.3, 0.4) is 0 Å². The van der Waals surface area contributed by atoms with Gasteiger partial charge < -0.3 is 5.11 Å². The third-order valence-corrected chi connectivity index (χ3v) is 1.83. The van der Waals surface area contributed by atoms with Gasteiger partial charge in [0.1, 0.15) is 17.4 Å². The molecule has 1 nitrogen and oxygen atoms in total. The van der Waals surface area contributed by atoms with Crippen LogP contribution in [-0.2, 0) is 5.33 Å². The van der Waals surface area contributed by atoms with Crippen LogP contribution < -0.4 is 0 Å². The zero-order valence-electron chi connectivity index (χ0n) is 5.44. The minimum atomic E-state index is -0.773. The van der Waals surface area contributed by atoms with Crippen LogP contribution in [0.2, 0.25) is 0 Å². The van der Waals surface area contributed by atoms with Crippen molar-refractivity contribution >= 4 is 15.9 Å². The maximum Gasteiger partial charge on any atom is 0.133 e. The van der Waals surface area contributed by atoms with Crippen molar-refractivity contribution in [3.63, 3.8) is 0 Å². The summed E-state index contributed by atoms with van der Waals surface area (Å²) in [5, 5.41) is 9.13. The molecule has 0 amide bonds. The molecule has 0 spiro atoms. The normalized spacial score (nSPS) is 10.1. The summed E-state index contributed by atoms with van der Waals surface area (Å²) in [5.74, 6) is -1.87. The smallest absolute Gasteiger partial charge is 0.133 e. The Balaban J connectivity index is 3.25. The van der Waals surface area contributed by atoms with E-state index in [9.17, 15) is 8.78 Å². The molecule has 0 saturated heterocycles. The first-order valence-electron chi connectivity index (χ1n) is 2.88. The van der Waals surface area contributed by atoms with Gasteiger partial charge in [0.15, 0.2) is 0 Å². The molecule has 11 heavy (non-hydrogen) atoms. The van der Waals surface area contributed by atoms with Crippen molar-refractivity contribution < 1.29 is 13.9 Å². The van der Waals surface area contributed by atoms with Gasteiger partial charge in [0.25, 0.3) is 0 Å². The molecule has 0 aromatic heterocycles. The van der Waals surface area contributed by atoms with Gasteiger partial charge in [-0.1, -0.05) is 15.9 Å². The third-order valence-electron chi connectivity index (χ3n) is 1.27. The molecule has 60 valence electrons. The summed E-state index contributed by atoms with van der Waals surface area (Å²) < 4.78 is 25.0. The monoisotopic (exact) mass is 222 g/mol. The lowest BCUT2D eigenvalue weighted by atomic mass is 10.2. The highest BCUT2D eigenvalue weighted by molar-refractivity contribution is 9.08. The standard InChI is InChI=1S/C7H5BrF2O/c8-3-5-6(10)1-4(9)2-7(5)11/h1-2,11H,3H2. The summed E-state index contributed by atoms with van der Waals surface area (Å²) in [5.41, 5.74) is 0.0754. The quantitative estimate of drug-likeness (QED) is 0.725. The number of phenols is 1. The van der Waals surface area contributed by atoms with E-state index in [1.807, 2.05) is 0 Å². The van der Waals surface area contributed by atoms with Crippen molar-refractivity contribution in [3.8, 4) is 5.75 Å².